The SMILES string of the molecule is ClC(Cl)c1ccccc1.N=C=O. The Morgan fingerprint density at radius 3 is 1.92 bits per heavy atom. The Bertz CT molecular complexity index is 242. The second-order valence-electron chi connectivity index (χ2n) is 1.81. The van der Waals surface area contributed by atoms with Crippen LogP contribution in [0.25, 0.3) is 0 Å². The van der Waals surface area contributed by atoms with Gasteiger partial charge >= 0.3 is 0 Å². The minimum Gasteiger partial charge on any atom is -0.222 e. The summed E-state index contributed by atoms with van der Waals surface area (Å²) in [7, 11) is 0. The molecule has 1 aromatic rings. The molecule has 0 heterocycles. The summed E-state index contributed by atoms with van der Waals surface area (Å²) in [5.74, 6) is 0. The van der Waals surface area contributed by atoms with E-state index in [1.807, 2.05) is 30.3 Å². The van der Waals surface area contributed by atoms with Crippen LogP contribution in [0.1, 0.15) is 10.4 Å². The summed E-state index contributed by atoms with van der Waals surface area (Å²) >= 11 is 11.1. The molecule has 0 unspecified atom stereocenters. The van der Waals surface area contributed by atoms with Crippen LogP contribution in [0.2, 0.25) is 0 Å². The van der Waals surface area contributed by atoms with Crippen molar-refractivity contribution in [3.63, 3.8) is 0 Å². The Hall–Kier alpha value is -0.820. The normalized spacial score (nSPS) is 8.25. The van der Waals surface area contributed by atoms with Gasteiger partial charge in [0.05, 0.1) is 0 Å². The highest BCUT2D eigenvalue weighted by Crippen LogP contribution is 2.23. The highest BCUT2D eigenvalue weighted by Gasteiger charge is 1.98. The fraction of sp³-hybridized carbons (Fsp3) is 0.125. The van der Waals surface area contributed by atoms with Gasteiger partial charge in [-0.3, -0.25) is 0 Å². The van der Waals surface area contributed by atoms with E-state index >= 15 is 0 Å². The van der Waals surface area contributed by atoms with Crippen molar-refractivity contribution in [2.45, 2.75) is 4.84 Å². The van der Waals surface area contributed by atoms with Gasteiger partial charge in [0.1, 0.15) is 4.84 Å². The van der Waals surface area contributed by atoms with Gasteiger partial charge in [-0.05, 0) is 5.56 Å². The number of halogens is 2. The van der Waals surface area contributed by atoms with Crippen LogP contribution in [0.4, 0.5) is 0 Å². The molecule has 0 aliphatic rings. The monoisotopic (exact) mass is 203 g/mol. The highest BCUT2D eigenvalue weighted by molar-refractivity contribution is 6.44. The van der Waals surface area contributed by atoms with Crippen LogP contribution in [0.3, 0.4) is 0 Å². The number of hydrogen-bond donors (Lipinski definition) is 1. The first-order valence-corrected chi connectivity index (χ1v) is 3.96. The van der Waals surface area contributed by atoms with E-state index in [2.05, 4.69) is 0 Å². The second-order valence-corrected chi connectivity index (χ2v) is 2.91. The maximum absolute atomic E-state index is 8.35. The Balaban J connectivity index is 0.000000354. The first kappa shape index (κ1) is 11.2. The second kappa shape index (κ2) is 6.86. The van der Waals surface area contributed by atoms with Crippen molar-refractivity contribution in [3.8, 4) is 0 Å². The zero-order valence-corrected chi connectivity index (χ0v) is 7.64. The van der Waals surface area contributed by atoms with E-state index in [-0.39, 0.29) is 0 Å². The van der Waals surface area contributed by atoms with Crippen molar-refractivity contribution in [1.29, 1.82) is 5.41 Å². The molecule has 0 amide bonds. The predicted octanol–water partition coefficient (Wildman–Crippen LogP) is 3.06. The molecular formula is C8H7Cl2NO. The number of carbonyl (C=O) groups excluding carboxylic acids is 1. The molecule has 0 saturated heterocycles. The van der Waals surface area contributed by atoms with Crippen LogP contribution in [-0.4, -0.2) is 6.08 Å². The van der Waals surface area contributed by atoms with Crippen LogP contribution in [0, 0.1) is 5.41 Å². The molecule has 64 valence electrons. The fourth-order valence-corrected chi connectivity index (χ4v) is 0.889. The summed E-state index contributed by atoms with van der Waals surface area (Å²) in [6, 6.07) is 9.54. The molecule has 0 aromatic heterocycles. The van der Waals surface area contributed by atoms with Gasteiger partial charge < -0.3 is 0 Å². The van der Waals surface area contributed by atoms with Crippen molar-refractivity contribution in [3.05, 3.63) is 35.9 Å². The molecule has 4 heteroatoms. The summed E-state index contributed by atoms with van der Waals surface area (Å²) in [5, 5.41) is 5.40. The zero-order chi connectivity index (χ0) is 9.40. The fourth-order valence-electron chi connectivity index (χ4n) is 0.599. The third-order valence-corrected chi connectivity index (χ3v) is 1.56. The van der Waals surface area contributed by atoms with Gasteiger partial charge in [0.2, 0.25) is 6.08 Å². The smallest absolute Gasteiger partial charge is 0.222 e. The average Bonchev–Trinajstić information content (AvgIpc) is 2.07. The molecule has 1 aromatic carbocycles. The Morgan fingerprint density at radius 2 is 1.67 bits per heavy atom. The van der Waals surface area contributed by atoms with Gasteiger partial charge in [-0.25, -0.2) is 10.2 Å². The van der Waals surface area contributed by atoms with Crippen LogP contribution in [0.15, 0.2) is 30.3 Å². The molecule has 0 saturated carbocycles. The van der Waals surface area contributed by atoms with Gasteiger partial charge in [-0.15, -0.1) is 23.2 Å². The largest absolute Gasteiger partial charge is 0.231 e. The molecule has 0 aliphatic carbocycles. The summed E-state index contributed by atoms with van der Waals surface area (Å²) < 4.78 is 0. The van der Waals surface area contributed by atoms with E-state index in [9.17, 15) is 0 Å². The van der Waals surface area contributed by atoms with Crippen molar-refractivity contribution in [1.82, 2.24) is 0 Å². The van der Waals surface area contributed by atoms with Gasteiger partial charge in [-0.2, -0.15) is 0 Å². The van der Waals surface area contributed by atoms with E-state index in [0.29, 0.717) is 0 Å². The average molecular weight is 204 g/mol. The number of benzene rings is 1. The van der Waals surface area contributed by atoms with Crippen LogP contribution < -0.4 is 0 Å². The lowest BCUT2D eigenvalue weighted by Gasteiger charge is -1.97. The maximum Gasteiger partial charge on any atom is 0.231 e. The first-order valence-electron chi connectivity index (χ1n) is 3.09. The molecule has 0 radical (unpaired) electrons. The predicted molar refractivity (Wildman–Crippen MR) is 49.3 cm³/mol. The van der Waals surface area contributed by atoms with E-state index < -0.39 is 4.84 Å². The third-order valence-electron chi connectivity index (χ3n) is 1.05. The van der Waals surface area contributed by atoms with Crippen molar-refractivity contribution < 1.29 is 4.79 Å². The topological polar surface area (TPSA) is 40.9 Å². The summed E-state index contributed by atoms with van der Waals surface area (Å²) in [6.45, 7) is 0. The lowest BCUT2D eigenvalue weighted by atomic mass is 10.2. The molecule has 2 nitrogen and oxygen atoms in total. The number of nitrogens with one attached hydrogen (secondary N) is 1. The Kier molecular flexibility index (Phi) is 6.39. The molecular weight excluding hydrogens is 197 g/mol. The standard InChI is InChI=1S/C7H6Cl2.CHNO/c8-7(9)6-4-2-1-3-5-6;2-1-3/h1-5,7H;2H. The molecule has 0 fully saturated rings. The van der Waals surface area contributed by atoms with E-state index in [4.69, 9.17) is 33.4 Å². The van der Waals surface area contributed by atoms with Crippen molar-refractivity contribution in [2.75, 3.05) is 0 Å². The van der Waals surface area contributed by atoms with Gasteiger partial charge in [0, 0.05) is 0 Å². The van der Waals surface area contributed by atoms with Gasteiger partial charge in [0.15, 0.2) is 0 Å². The molecule has 0 spiro atoms. The van der Waals surface area contributed by atoms with Crippen molar-refractivity contribution >= 4 is 29.3 Å². The summed E-state index contributed by atoms with van der Waals surface area (Å²) in [6.07, 6.45) is 0.750. The van der Waals surface area contributed by atoms with E-state index in [0.717, 1.165) is 11.6 Å². The Morgan fingerprint density at radius 1 is 1.25 bits per heavy atom. The number of alkyl halides is 2. The van der Waals surface area contributed by atoms with Crippen molar-refractivity contribution in [2.24, 2.45) is 0 Å². The number of rotatable bonds is 1. The molecule has 0 atom stereocenters. The molecule has 1 rings (SSSR count). The minimum atomic E-state index is -0.397. The first-order chi connectivity index (χ1) is 5.72. The van der Waals surface area contributed by atoms with Gasteiger partial charge in [0.25, 0.3) is 0 Å². The molecule has 0 bridgehead atoms. The van der Waals surface area contributed by atoms with Crippen LogP contribution >= 0.6 is 23.2 Å². The summed E-state index contributed by atoms with van der Waals surface area (Å²) in [4.78, 5) is 7.95. The highest BCUT2D eigenvalue weighted by atomic mass is 35.5. The Labute approximate surface area is 80.6 Å². The number of isocyanates is 1. The number of hydrogen-bond acceptors (Lipinski definition) is 2. The van der Waals surface area contributed by atoms with E-state index in [1.54, 1.807) is 0 Å². The zero-order valence-electron chi connectivity index (χ0n) is 6.13. The lowest BCUT2D eigenvalue weighted by molar-refractivity contribution is 0.563. The lowest BCUT2D eigenvalue weighted by Crippen LogP contribution is -1.76. The quantitative estimate of drug-likeness (QED) is 0.426. The van der Waals surface area contributed by atoms with Crippen LogP contribution in [-0.2, 0) is 4.79 Å². The third kappa shape index (κ3) is 4.91. The van der Waals surface area contributed by atoms with Crippen LogP contribution in [0.5, 0.6) is 0 Å². The molecule has 0 aliphatic heterocycles. The maximum atomic E-state index is 8.35. The molecule has 1 N–H and O–H groups in total. The summed E-state index contributed by atoms with van der Waals surface area (Å²) in [5.41, 5.74) is 0.945. The molecule has 12 heavy (non-hydrogen) atoms. The van der Waals surface area contributed by atoms with Gasteiger partial charge in [-0.1, -0.05) is 30.3 Å². The van der Waals surface area contributed by atoms with E-state index in [1.165, 1.54) is 0 Å². The minimum absolute atomic E-state index is 0.397.